The fourth-order valence-electron chi connectivity index (χ4n) is 2.11. The van der Waals surface area contributed by atoms with E-state index in [4.69, 9.17) is 4.74 Å². The highest BCUT2D eigenvalue weighted by molar-refractivity contribution is 7.12. The molecule has 1 N–H and O–H groups in total. The Morgan fingerprint density at radius 2 is 2.00 bits per heavy atom. The van der Waals surface area contributed by atoms with Gasteiger partial charge in [-0.3, -0.25) is 9.78 Å². The Morgan fingerprint density at radius 1 is 1.17 bits per heavy atom. The molecule has 0 atom stereocenters. The van der Waals surface area contributed by atoms with E-state index in [1.807, 2.05) is 54.8 Å². The van der Waals surface area contributed by atoms with E-state index in [-0.39, 0.29) is 5.91 Å². The number of rotatable bonds is 5. The summed E-state index contributed by atoms with van der Waals surface area (Å²) in [5, 5.41) is 4.73. The second-order valence-electron chi connectivity index (χ2n) is 4.98. The van der Waals surface area contributed by atoms with Gasteiger partial charge >= 0.3 is 0 Å². The summed E-state index contributed by atoms with van der Waals surface area (Å²) in [5.41, 5.74) is 2.55. The van der Waals surface area contributed by atoms with E-state index >= 15 is 0 Å². The summed E-state index contributed by atoms with van der Waals surface area (Å²) in [6.07, 6.45) is 1.70. The number of carbonyl (C=O) groups excluding carboxylic acids is 1. The molecule has 4 nitrogen and oxygen atoms in total. The van der Waals surface area contributed by atoms with Crippen LogP contribution in [0.1, 0.15) is 20.9 Å². The van der Waals surface area contributed by atoms with Gasteiger partial charge in [-0.1, -0.05) is 30.3 Å². The molecule has 1 amide bonds. The molecule has 0 fully saturated rings. The smallest absolute Gasteiger partial charge is 0.269 e. The van der Waals surface area contributed by atoms with Gasteiger partial charge in [-0.05, 0) is 36.1 Å². The van der Waals surface area contributed by atoms with Crippen LogP contribution in [0.5, 0.6) is 5.75 Å². The molecule has 5 heteroatoms. The summed E-state index contributed by atoms with van der Waals surface area (Å²) in [5.74, 6) is 0.414. The van der Waals surface area contributed by atoms with E-state index in [1.54, 1.807) is 12.3 Å². The lowest BCUT2D eigenvalue weighted by molar-refractivity contribution is 0.102. The Morgan fingerprint density at radius 3 is 2.78 bits per heavy atom. The first-order valence-corrected chi connectivity index (χ1v) is 8.09. The van der Waals surface area contributed by atoms with E-state index in [2.05, 4.69) is 10.3 Å². The van der Waals surface area contributed by atoms with Crippen LogP contribution in [0, 0.1) is 6.92 Å². The molecule has 2 aromatic heterocycles. The number of pyridine rings is 1. The highest BCUT2D eigenvalue weighted by atomic mass is 32.1. The van der Waals surface area contributed by atoms with Gasteiger partial charge < -0.3 is 10.1 Å². The highest BCUT2D eigenvalue weighted by Crippen LogP contribution is 2.27. The van der Waals surface area contributed by atoms with Crippen molar-refractivity contribution >= 4 is 22.9 Å². The van der Waals surface area contributed by atoms with Crippen LogP contribution in [0.2, 0.25) is 0 Å². The van der Waals surface area contributed by atoms with Gasteiger partial charge in [0, 0.05) is 6.20 Å². The Bertz CT molecular complexity index is 800. The van der Waals surface area contributed by atoms with E-state index in [0.717, 1.165) is 11.3 Å². The van der Waals surface area contributed by atoms with Crippen molar-refractivity contribution in [1.29, 1.82) is 0 Å². The van der Waals surface area contributed by atoms with Crippen LogP contribution in [-0.2, 0) is 6.61 Å². The molecule has 0 saturated carbocycles. The number of anilines is 1. The highest BCUT2D eigenvalue weighted by Gasteiger charge is 2.15. The lowest BCUT2D eigenvalue weighted by Gasteiger charge is -2.09. The number of thiophene rings is 1. The van der Waals surface area contributed by atoms with Gasteiger partial charge in [-0.15, -0.1) is 11.3 Å². The van der Waals surface area contributed by atoms with Gasteiger partial charge in [0.25, 0.3) is 5.91 Å². The number of aromatic nitrogens is 1. The number of benzene rings is 1. The number of ether oxygens (including phenoxy) is 1. The summed E-state index contributed by atoms with van der Waals surface area (Å²) >= 11 is 1.36. The van der Waals surface area contributed by atoms with Gasteiger partial charge in [0.15, 0.2) is 0 Å². The van der Waals surface area contributed by atoms with Gasteiger partial charge in [0.1, 0.15) is 17.2 Å². The van der Waals surface area contributed by atoms with Crippen LogP contribution >= 0.6 is 11.3 Å². The van der Waals surface area contributed by atoms with Crippen molar-refractivity contribution < 1.29 is 9.53 Å². The number of nitrogens with one attached hydrogen (secondary N) is 1. The molecule has 0 aliphatic carbocycles. The average molecular weight is 324 g/mol. The average Bonchev–Trinajstić information content (AvgIpc) is 3.05. The molecule has 23 heavy (non-hydrogen) atoms. The number of hydrogen-bond acceptors (Lipinski definition) is 4. The Hall–Kier alpha value is -2.66. The first kappa shape index (κ1) is 15.2. The van der Waals surface area contributed by atoms with Gasteiger partial charge in [0.05, 0.1) is 11.4 Å². The number of nitrogens with zero attached hydrogens (tertiary/aromatic N) is 1. The summed E-state index contributed by atoms with van der Waals surface area (Å²) in [7, 11) is 0. The third kappa shape index (κ3) is 3.76. The SMILES string of the molecule is Cc1ncccc1NC(=O)c1sccc1OCc1ccccc1. The maximum atomic E-state index is 12.5. The molecule has 1 aromatic carbocycles. The number of carbonyl (C=O) groups is 1. The number of aryl methyl sites for hydroxylation is 1. The van der Waals surface area contributed by atoms with Crippen molar-refractivity contribution in [2.45, 2.75) is 13.5 Å². The van der Waals surface area contributed by atoms with Crippen molar-refractivity contribution in [3.8, 4) is 5.75 Å². The summed E-state index contributed by atoms with van der Waals surface area (Å²) < 4.78 is 5.79. The molecule has 0 saturated heterocycles. The zero-order valence-electron chi connectivity index (χ0n) is 12.7. The van der Waals surface area contributed by atoms with Crippen LogP contribution in [-0.4, -0.2) is 10.9 Å². The van der Waals surface area contributed by atoms with Crippen molar-refractivity contribution in [1.82, 2.24) is 4.98 Å². The second-order valence-corrected chi connectivity index (χ2v) is 5.89. The summed E-state index contributed by atoms with van der Waals surface area (Å²) in [6.45, 7) is 2.29. The van der Waals surface area contributed by atoms with Crippen molar-refractivity contribution in [2.24, 2.45) is 0 Å². The molecule has 116 valence electrons. The molecule has 0 spiro atoms. The van der Waals surface area contributed by atoms with Crippen LogP contribution < -0.4 is 10.1 Å². The molecular formula is C18H16N2O2S. The third-order valence-electron chi connectivity index (χ3n) is 3.33. The standard InChI is InChI=1S/C18H16N2O2S/c1-13-15(8-5-10-19-13)20-18(21)17-16(9-11-23-17)22-12-14-6-3-2-4-7-14/h2-11H,12H2,1H3,(H,20,21). The van der Waals surface area contributed by atoms with Crippen molar-refractivity contribution in [3.63, 3.8) is 0 Å². The molecular weight excluding hydrogens is 308 g/mol. The lowest BCUT2D eigenvalue weighted by atomic mass is 10.2. The lowest BCUT2D eigenvalue weighted by Crippen LogP contribution is -2.13. The predicted octanol–water partition coefficient (Wildman–Crippen LogP) is 4.28. The zero-order chi connectivity index (χ0) is 16.1. The minimum Gasteiger partial charge on any atom is -0.487 e. The first-order chi connectivity index (χ1) is 11.2. The Kier molecular flexibility index (Phi) is 4.68. The summed E-state index contributed by atoms with van der Waals surface area (Å²) in [4.78, 5) is 17.2. The molecule has 3 aromatic rings. The topological polar surface area (TPSA) is 51.2 Å². The normalized spacial score (nSPS) is 10.3. The fraction of sp³-hybridized carbons (Fsp3) is 0.111. The number of amides is 1. The van der Waals surface area contributed by atoms with Crippen LogP contribution in [0.3, 0.4) is 0 Å². The Balaban J connectivity index is 1.70. The predicted molar refractivity (Wildman–Crippen MR) is 92.0 cm³/mol. The fourth-order valence-corrected chi connectivity index (χ4v) is 2.84. The largest absolute Gasteiger partial charge is 0.487 e. The maximum Gasteiger partial charge on any atom is 0.269 e. The number of hydrogen-bond donors (Lipinski definition) is 1. The van der Waals surface area contributed by atoms with Gasteiger partial charge in [-0.2, -0.15) is 0 Å². The molecule has 0 aliphatic heterocycles. The van der Waals surface area contributed by atoms with Crippen LogP contribution in [0.4, 0.5) is 5.69 Å². The van der Waals surface area contributed by atoms with E-state index in [1.165, 1.54) is 11.3 Å². The third-order valence-corrected chi connectivity index (χ3v) is 4.22. The van der Waals surface area contributed by atoms with E-state index in [0.29, 0.717) is 22.9 Å². The van der Waals surface area contributed by atoms with E-state index < -0.39 is 0 Å². The molecule has 0 aliphatic rings. The molecule has 3 rings (SSSR count). The maximum absolute atomic E-state index is 12.5. The molecule has 0 radical (unpaired) electrons. The second kappa shape index (κ2) is 7.07. The minimum absolute atomic E-state index is 0.181. The quantitative estimate of drug-likeness (QED) is 0.762. The van der Waals surface area contributed by atoms with Crippen molar-refractivity contribution in [3.05, 3.63) is 76.2 Å². The van der Waals surface area contributed by atoms with Crippen LogP contribution in [0.25, 0.3) is 0 Å². The van der Waals surface area contributed by atoms with Gasteiger partial charge in [0.2, 0.25) is 0 Å². The summed E-state index contributed by atoms with van der Waals surface area (Å²) in [6, 6.07) is 15.3. The monoisotopic (exact) mass is 324 g/mol. The first-order valence-electron chi connectivity index (χ1n) is 7.21. The minimum atomic E-state index is -0.181. The molecule has 0 bridgehead atoms. The van der Waals surface area contributed by atoms with Gasteiger partial charge in [-0.25, -0.2) is 0 Å². The molecule has 0 unspecified atom stereocenters. The zero-order valence-corrected chi connectivity index (χ0v) is 13.5. The molecule has 2 heterocycles. The van der Waals surface area contributed by atoms with Crippen LogP contribution in [0.15, 0.2) is 60.1 Å². The Labute approximate surface area is 138 Å². The van der Waals surface area contributed by atoms with Crippen molar-refractivity contribution in [2.75, 3.05) is 5.32 Å². The van der Waals surface area contributed by atoms with E-state index in [9.17, 15) is 4.79 Å².